The number of nitrogens with zero attached hydrogens (tertiary/aromatic N) is 2. The first-order chi connectivity index (χ1) is 25.1. The van der Waals surface area contributed by atoms with Gasteiger partial charge in [0.25, 0.3) is 5.69 Å². The van der Waals surface area contributed by atoms with E-state index in [9.17, 15) is 28.1 Å². The zero-order chi connectivity index (χ0) is 37.1. The van der Waals surface area contributed by atoms with Gasteiger partial charge in [-0.25, -0.2) is 13.2 Å². The van der Waals surface area contributed by atoms with Crippen LogP contribution in [-0.4, -0.2) is 55.7 Å². The maximum atomic E-state index is 13.8. The summed E-state index contributed by atoms with van der Waals surface area (Å²) < 4.78 is 39.8. The molecular weight excluding hydrogens is 683 g/mol. The van der Waals surface area contributed by atoms with E-state index in [1.165, 1.54) is 35.7 Å². The molecule has 11 nitrogen and oxygen atoms in total. The van der Waals surface area contributed by atoms with Crippen LogP contribution in [0.1, 0.15) is 39.0 Å². The standard InChI is InChI=1S/C40H39N3O8S/c1-29-12-10-13-31(26-29)28-42(52(48,49)38-19-9-8-18-37(38)43(46)47)24-11-25-51-33-22-20-30(21-23-33)27-36(40(45)50-2)41-35-17-7-6-16-34(35)39(44)32-14-4-3-5-15-32/h3-10,12-23,26,36,41H,11,24-25,27-28H2,1-2H3/t36-/m0/s1. The number of anilines is 1. The second kappa shape index (κ2) is 17.4. The Hall–Kier alpha value is -5.85. The Kier molecular flexibility index (Phi) is 12.5. The lowest BCUT2D eigenvalue weighted by molar-refractivity contribution is -0.387. The number of esters is 1. The highest BCUT2D eigenvalue weighted by molar-refractivity contribution is 7.89. The van der Waals surface area contributed by atoms with Gasteiger partial charge in [-0.3, -0.25) is 14.9 Å². The molecule has 0 aromatic heterocycles. The summed E-state index contributed by atoms with van der Waals surface area (Å²) in [6, 6.07) is 35.0. The second-order valence-corrected chi connectivity index (χ2v) is 14.0. The van der Waals surface area contributed by atoms with Crippen molar-refractivity contribution in [3.63, 3.8) is 0 Å². The van der Waals surface area contributed by atoms with Gasteiger partial charge in [-0.15, -0.1) is 0 Å². The Morgan fingerprint density at radius 1 is 0.846 bits per heavy atom. The molecule has 0 bridgehead atoms. The van der Waals surface area contributed by atoms with Crippen LogP contribution in [0, 0.1) is 17.0 Å². The number of rotatable bonds is 17. The number of nitro benzene ring substituents is 1. The van der Waals surface area contributed by atoms with E-state index in [1.54, 1.807) is 60.7 Å². The average Bonchev–Trinajstić information content (AvgIpc) is 3.16. The number of ketones is 1. The van der Waals surface area contributed by atoms with Gasteiger partial charge in [0.05, 0.1) is 18.6 Å². The maximum absolute atomic E-state index is 13.8. The first-order valence-electron chi connectivity index (χ1n) is 16.6. The van der Waals surface area contributed by atoms with Crippen molar-refractivity contribution in [2.75, 3.05) is 25.6 Å². The summed E-state index contributed by atoms with van der Waals surface area (Å²) in [5.74, 6) is -0.128. The number of hydrogen-bond acceptors (Lipinski definition) is 9. The molecule has 0 unspecified atom stereocenters. The molecule has 5 aromatic carbocycles. The molecule has 0 radical (unpaired) electrons. The SMILES string of the molecule is COC(=O)[C@H](Cc1ccc(OCCCN(Cc2cccc(C)c2)S(=O)(=O)c2ccccc2[N+](=O)[O-])cc1)Nc1ccccc1C(=O)c1ccccc1. The number of nitro groups is 1. The Morgan fingerprint density at radius 2 is 1.54 bits per heavy atom. The first-order valence-corrected chi connectivity index (χ1v) is 18.0. The third kappa shape index (κ3) is 9.47. The van der Waals surface area contributed by atoms with E-state index < -0.39 is 32.6 Å². The second-order valence-electron chi connectivity index (χ2n) is 12.1. The highest BCUT2D eigenvalue weighted by atomic mass is 32.2. The summed E-state index contributed by atoms with van der Waals surface area (Å²) in [7, 11) is -2.92. The fourth-order valence-electron chi connectivity index (χ4n) is 5.73. The lowest BCUT2D eigenvalue weighted by Gasteiger charge is -2.22. The van der Waals surface area contributed by atoms with Gasteiger partial charge < -0.3 is 14.8 Å². The summed E-state index contributed by atoms with van der Waals surface area (Å²) >= 11 is 0. The smallest absolute Gasteiger partial charge is 0.328 e. The van der Waals surface area contributed by atoms with E-state index >= 15 is 0 Å². The Labute approximate surface area is 303 Å². The Bertz CT molecular complexity index is 2120. The number of methoxy groups -OCH3 is 1. The van der Waals surface area contributed by atoms with Gasteiger partial charge in [0.15, 0.2) is 10.7 Å². The quantitative estimate of drug-likeness (QED) is 0.0353. The van der Waals surface area contributed by atoms with E-state index in [4.69, 9.17) is 9.47 Å². The number of sulfonamides is 1. The highest BCUT2D eigenvalue weighted by Gasteiger charge is 2.31. The van der Waals surface area contributed by atoms with Crippen molar-refractivity contribution < 1.29 is 32.4 Å². The molecule has 52 heavy (non-hydrogen) atoms. The number of para-hydroxylation sites is 2. The molecular formula is C40H39N3O8S. The van der Waals surface area contributed by atoms with Crippen LogP contribution < -0.4 is 10.1 Å². The summed E-state index contributed by atoms with van der Waals surface area (Å²) in [6.45, 7) is 2.17. The van der Waals surface area contributed by atoms with Crippen molar-refractivity contribution in [1.29, 1.82) is 0 Å². The Morgan fingerprint density at radius 3 is 2.25 bits per heavy atom. The topological polar surface area (TPSA) is 145 Å². The van der Waals surface area contributed by atoms with Gasteiger partial charge in [-0.1, -0.05) is 96.6 Å². The van der Waals surface area contributed by atoms with Crippen LogP contribution in [0.25, 0.3) is 0 Å². The molecule has 5 aromatic rings. The van der Waals surface area contributed by atoms with Crippen LogP contribution in [0.3, 0.4) is 0 Å². The van der Waals surface area contributed by atoms with Crippen molar-refractivity contribution in [3.05, 3.63) is 165 Å². The summed E-state index contributed by atoms with van der Waals surface area (Å²) in [5.41, 5.74) is 3.51. The van der Waals surface area contributed by atoms with Crippen molar-refractivity contribution in [2.45, 2.75) is 37.2 Å². The third-order valence-electron chi connectivity index (χ3n) is 8.33. The molecule has 0 aliphatic rings. The predicted molar refractivity (Wildman–Crippen MR) is 198 cm³/mol. The number of ether oxygens (including phenoxy) is 2. The molecule has 0 aliphatic carbocycles. The van der Waals surface area contributed by atoms with E-state index in [-0.39, 0.29) is 36.8 Å². The molecule has 0 heterocycles. The molecule has 0 amide bonds. The first kappa shape index (κ1) is 37.4. The van der Waals surface area contributed by atoms with E-state index in [2.05, 4.69) is 5.32 Å². The van der Waals surface area contributed by atoms with Crippen LogP contribution in [0.2, 0.25) is 0 Å². The van der Waals surface area contributed by atoms with Crippen LogP contribution in [0.5, 0.6) is 5.75 Å². The molecule has 0 saturated carbocycles. The zero-order valence-electron chi connectivity index (χ0n) is 28.8. The van der Waals surface area contributed by atoms with Gasteiger partial charge in [-0.05, 0) is 54.8 Å². The van der Waals surface area contributed by atoms with Crippen LogP contribution in [0.15, 0.2) is 132 Å². The van der Waals surface area contributed by atoms with Gasteiger partial charge in [0, 0.05) is 42.4 Å². The molecule has 12 heteroatoms. The normalized spacial score (nSPS) is 11.8. The van der Waals surface area contributed by atoms with Gasteiger partial charge >= 0.3 is 5.97 Å². The minimum atomic E-state index is -4.23. The maximum Gasteiger partial charge on any atom is 0.328 e. The lowest BCUT2D eigenvalue weighted by atomic mass is 10.00. The van der Waals surface area contributed by atoms with Gasteiger partial charge in [-0.2, -0.15) is 4.31 Å². The molecule has 1 atom stereocenters. The predicted octanol–water partition coefficient (Wildman–Crippen LogP) is 6.99. The highest BCUT2D eigenvalue weighted by Crippen LogP contribution is 2.28. The zero-order valence-corrected chi connectivity index (χ0v) is 29.6. The monoisotopic (exact) mass is 721 g/mol. The van der Waals surface area contributed by atoms with Crippen LogP contribution in [0.4, 0.5) is 11.4 Å². The molecule has 268 valence electrons. The number of aryl methyl sites for hydroxylation is 1. The molecule has 5 rings (SSSR count). The fraction of sp³-hybridized carbons (Fsp3) is 0.200. The molecule has 0 spiro atoms. The minimum Gasteiger partial charge on any atom is -0.494 e. The van der Waals surface area contributed by atoms with Gasteiger partial charge in [0.1, 0.15) is 11.8 Å². The van der Waals surface area contributed by atoms with Crippen molar-refractivity contribution in [3.8, 4) is 5.75 Å². The van der Waals surface area contributed by atoms with Crippen molar-refractivity contribution >= 4 is 33.2 Å². The fourth-order valence-corrected chi connectivity index (χ4v) is 7.35. The summed E-state index contributed by atoms with van der Waals surface area (Å²) in [4.78, 5) is 36.7. The number of carbonyl (C=O) groups is 2. The largest absolute Gasteiger partial charge is 0.494 e. The molecule has 0 aliphatic heterocycles. The van der Waals surface area contributed by atoms with Crippen LogP contribution >= 0.6 is 0 Å². The van der Waals surface area contributed by atoms with Crippen LogP contribution in [-0.2, 0) is 32.5 Å². The minimum absolute atomic E-state index is 0.0328. The van der Waals surface area contributed by atoms with Crippen molar-refractivity contribution in [2.24, 2.45) is 0 Å². The molecule has 1 N–H and O–H groups in total. The van der Waals surface area contributed by atoms with E-state index in [0.29, 0.717) is 29.0 Å². The lowest BCUT2D eigenvalue weighted by Crippen LogP contribution is -2.33. The molecule has 0 saturated heterocycles. The number of hydrogen-bond donors (Lipinski definition) is 1. The third-order valence-corrected chi connectivity index (χ3v) is 10.2. The number of carbonyl (C=O) groups excluding carboxylic acids is 2. The Balaban J connectivity index is 1.24. The van der Waals surface area contributed by atoms with Crippen molar-refractivity contribution in [1.82, 2.24) is 4.31 Å². The van der Waals surface area contributed by atoms with E-state index in [0.717, 1.165) is 16.7 Å². The summed E-state index contributed by atoms with van der Waals surface area (Å²) in [6.07, 6.45) is 0.571. The van der Waals surface area contributed by atoms with Gasteiger partial charge in [0.2, 0.25) is 10.0 Å². The summed E-state index contributed by atoms with van der Waals surface area (Å²) in [5, 5.41) is 14.9. The average molecular weight is 722 g/mol. The number of benzene rings is 5. The van der Waals surface area contributed by atoms with E-state index in [1.807, 2.05) is 49.4 Å². The molecule has 0 fully saturated rings. The number of nitrogens with one attached hydrogen (secondary N) is 1.